The van der Waals surface area contributed by atoms with E-state index in [1.54, 1.807) is 0 Å². The van der Waals surface area contributed by atoms with Crippen molar-refractivity contribution in [1.29, 1.82) is 0 Å². The largest absolute Gasteiger partial charge is 0.488 e. The molecule has 118 valence electrons. The zero-order valence-corrected chi connectivity index (χ0v) is 13.2. The molecule has 0 radical (unpaired) electrons. The Morgan fingerprint density at radius 3 is 2.57 bits per heavy atom. The standard InChI is InChI=1S/C19H20N2O2/c1-14(20-21-19(22)16-11-12-16)17-9-5-6-10-18(17)23-13-15-7-3-2-4-8-15/h2-10,16H,11-13H2,1H3,(H,21,22)/b20-14-. The second-order valence-corrected chi connectivity index (χ2v) is 5.72. The maximum atomic E-state index is 11.7. The lowest BCUT2D eigenvalue weighted by Crippen LogP contribution is -2.20. The second-order valence-electron chi connectivity index (χ2n) is 5.72. The molecule has 1 aliphatic carbocycles. The van der Waals surface area contributed by atoms with Crippen molar-refractivity contribution in [2.24, 2.45) is 11.0 Å². The van der Waals surface area contributed by atoms with E-state index in [9.17, 15) is 4.79 Å². The summed E-state index contributed by atoms with van der Waals surface area (Å²) in [5.74, 6) is 0.918. The predicted molar refractivity (Wildman–Crippen MR) is 90.3 cm³/mol. The second kappa shape index (κ2) is 7.09. The van der Waals surface area contributed by atoms with Crippen LogP contribution in [0.5, 0.6) is 5.75 Å². The number of hydrogen-bond acceptors (Lipinski definition) is 3. The maximum Gasteiger partial charge on any atom is 0.243 e. The first-order valence-electron chi connectivity index (χ1n) is 7.84. The molecule has 0 saturated heterocycles. The van der Waals surface area contributed by atoms with E-state index >= 15 is 0 Å². The zero-order valence-electron chi connectivity index (χ0n) is 13.2. The number of nitrogens with zero attached hydrogens (tertiary/aromatic N) is 1. The summed E-state index contributed by atoms with van der Waals surface area (Å²) in [4.78, 5) is 11.7. The van der Waals surface area contributed by atoms with Crippen molar-refractivity contribution < 1.29 is 9.53 Å². The van der Waals surface area contributed by atoms with Crippen molar-refractivity contribution in [2.45, 2.75) is 26.4 Å². The Balaban J connectivity index is 1.69. The summed E-state index contributed by atoms with van der Waals surface area (Å²) < 4.78 is 5.92. The van der Waals surface area contributed by atoms with E-state index < -0.39 is 0 Å². The lowest BCUT2D eigenvalue weighted by molar-refractivity contribution is -0.122. The van der Waals surface area contributed by atoms with Gasteiger partial charge in [0.2, 0.25) is 5.91 Å². The summed E-state index contributed by atoms with van der Waals surface area (Å²) in [5.41, 5.74) is 5.37. The molecule has 0 aromatic heterocycles. The molecule has 1 fully saturated rings. The Hall–Kier alpha value is -2.62. The highest BCUT2D eigenvalue weighted by Gasteiger charge is 2.29. The molecule has 0 unspecified atom stereocenters. The van der Waals surface area contributed by atoms with Crippen LogP contribution in [0.4, 0.5) is 0 Å². The van der Waals surface area contributed by atoms with Crippen molar-refractivity contribution >= 4 is 11.6 Å². The molecule has 23 heavy (non-hydrogen) atoms. The van der Waals surface area contributed by atoms with Crippen LogP contribution >= 0.6 is 0 Å². The molecule has 0 aliphatic heterocycles. The first-order valence-corrected chi connectivity index (χ1v) is 7.84. The van der Waals surface area contributed by atoms with Crippen molar-refractivity contribution in [3.8, 4) is 5.75 Å². The molecular formula is C19H20N2O2. The smallest absolute Gasteiger partial charge is 0.243 e. The Labute approximate surface area is 136 Å². The van der Waals surface area contributed by atoms with Gasteiger partial charge in [0.25, 0.3) is 0 Å². The van der Waals surface area contributed by atoms with Gasteiger partial charge in [0.1, 0.15) is 12.4 Å². The van der Waals surface area contributed by atoms with E-state index in [1.807, 2.05) is 61.5 Å². The first-order chi connectivity index (χ1) is 11.2. The highest BCUT2D eigenvalue weighted by molar-refractivity contribution is 6.01. The molecular weight excluding hydrogens is 288 g/mol. The highest BCUT2D eigenvalue weighted by Crippen LogP contribution is 2.28. The highest BCUT2D eigenvalue weighted by atomic mass is 16.5. The molecule has 0 atom stereocenters. The average molecular weight is 308 g/mol. The third-order valence-corrected chi connectivity index (χ3v) is 3.80. The Morgan fingerprint density at radius 1 is 1.13 bits per heavy atom. The van der Waals surface area contributed by atoms with Crippen LogP contribution in [0.2, 0.25) is 0 Å². The zero-order chi connectivity index (χ0) is 16.1. The number of benzene rings is 2. The minimum Gasteiger partial charge on any atom is -0.488 e. The van der Waals surface area contributed by atoms with Crippen LogP contribution in [0.1, 0.15) is 30.9 Å². The molecule has 1 N–H and O–H groups in total. The summed E-state index contributed by atoms with van der Waals surface area (Å²) in [5, 5.41) is 4.21. The van der Waals surface area contributed by atoms with E-state index in [4.69, 9.17) is 4.74 Å². The van der Waals surface area contributed by atoms with Gasteiger partial charge in [0.15, 0.2) is 0 Å². The number of rotatable bonds is 6. The molecule has 4 heteroatoms. The van der Waals surface area contributed by atoms with Gasteiger partial charge in [-0.05, 0) is 37.5 Å². The number of amides is 1. The predicted octanol–water partition coefficient (Wildman–Crippen LogP) is 3.52. The Kier molecular flexibility index (Phi) is 4.71. The number of nitrogens with one attached hydrogen (secondary N) is 1. The van der Waals surface area contributed by atoms with Gasteiger partial charge in [-0.1, -0.05) is 42.5 Å². The third-order valence-electron chi connectivity index (χ3n) is 3.80. The molecule has 1 saturated carbocycles. The summed E-state index contributed by atoms with van der Waals surface area (Å²) in [6.45, 7) is 2.37. The van der Waals surface area contributed by atoms with Gasteiger partial charge in [-0.25, -0.2) is 5.43 Å². The number of carbonyl (C=O) groups is 1. The summed E-state index contributed by atoms with van der Waals surface area (Å²) in [6.07, 6.45) is 1.94. The molecule has 2 aromatic rings. The van der Waals surface area contributed by atoms with Gasteiger partial charge in [-0.2, -0.15) is 5.10 Å². The van der Waals surface area contributed by atoms with Crippen molar-refractivity contribution in [2.75, 3.05) is 0 Å². The fraction of sp³-hybridized carbons (Fsp3) is 0.263. The van der Waals surface area contributed by atoms with E-state index in [2.05, 4.69) is 10.5 Å². The van der Waals surface area contributed by atoms with Crippen LogP contribution < -0.4 is 10.2 Å². The molecule has 3 rings (SSSR count). The minimum atomic E-state index is 0.00651. The van der Waals surface area contributed by atoms with Crippen molar-refractivity contribution in [1.82, 2.24) is 5.43 Å². The van der Waals surface area contributed by atoms with Crippen molar-refractivity contribution in [3.63, 3.8) is 0 Å². The minimum absolute atomic E-state index is 0.00651. The summed E-state index contributed by atoms with van der Waals surface area (Å²) in [7, 11) is 0. The first kappa shape index (κ1) is 15.3. The maximum absolute atomic E-state index is 11.7. The Bertz CT molecular complexity index is 706. The quantitative estimate of drug-likeness (QED) is 0.656. The van der Waals surface area contributed by atoms with Crippen molar-refractivity contribution in [3.05, 3.63) is 65.7 Å². The van der Waals surface area contributed by atoms with Crippen LogP contribution in [0.3, 0.4) is 0 Å². The SMILES string of the molecule is C/C(=N/NC(=O)C1CC1)c1ccccc1OCc1ccccc1. The number of ether oxygens (including phenoxy) is 1. The molecule has 2 aromatic carbocycles. The van der Waals surface area contributed by atoms with Gasteiger partial charge in [0, 0.05) is 11.5 Å². The third kappa shape index (κ3) is 4.19. The molecule has 0 spiro atoms. The monoisotopic (exact) mass is 308 g/mol. The van der Waals surface area contributed by atoms with Crippen LogP contribution in [0, 0.1) is 5.92 Å². The number of hydrogen-bond donors (Lipinski definition) is 1. The lowest BCUT2D eigenvalue weighted by Gasteiger charge is -2.11. The van der Waals surface area contributed by atoms with E-state index in [0.717, 1.165) is 35.4 Å². The lowest BCUT2D eigenvalue weighted by atomic mass is 10.1. The Morgan fingerprint density at radius 2 is 1.83 bits per heavy atom. The summed E-state index contributed by atoms with van der Waals surface area (Å²) >= 11 is 0. The molecule has 0 heterocycles. The molecule has 4 nitrogen and oxygen atoms in total. The number of hydrazone groups is 1. The molecule has 1 aliphatic rings. The van der Waals surface area contributed by atoms with Crippen LogP contribution in [0.25, 0.3) is 0 Å². The van der Waals surface area contributed by atoms with E-state index in [-0.39, 0.29) is 11.8 Å². The van der Waals surface area contributed by atoms with Gasteiger partial charge >= 0.3 is 0 Å². The summed E-state index contributed by atoms with van der Waals surface area (Å²) in [6, 6.07) is 17.7. The van der Waals surface area contributed by atoms with E-state index in [1.165, 1.54) is 0 Å². The molecule has 1 amide bonds. The number of para-hydroxylation sites is 1. The van der Waals surface area contributed by atoms with Gasteiger partial charge in [-0.3, -0.25) is 4.79 Å². The van der Waals surface area contributed by atoms with Crippen LogP contribution in [-0.2, 0) is 11.4 Å². The van der Waals surface area contributed by atoms with Crippen LogP contribution in [0.15, 0.2) is 59.7 Å². The molecule has 0 bridgehead atoms. The van der Waals surface area contributed by atoms with Gasteiger partial charge < -0.3 is 4.74 Å². The fourth-order valence-corrected chi connectivity index (χ4v) is 2.26. The average Bonchev–Trinajstić information content (AvgIpc) is 3.44. The normalized spacial score (nSPS) is 14.4. The van der Waals surface area contributed by atoms with Crippen LogP contribution in [-0.4, -0.2) is 11.6 Å². The van der Waals surface area contributed by atoms with Gasteiger partial charge in [-0.15, -0.1) is 0 Å². The fourth-order valence-electron chi connectivity index (χ4n) is 2.26. The number of carbonyl (C=O) groups excluding carboxylic acids is 1. The van der Waals surface area contributed by atoms with E-state index in [0.29, 0.717) is 6.61 Å². The topological polar surface area (TPSA) is 50.7 Å². The van der Waals surface area contributed by atoms with Gasteiger partial charge in [0.05, 0.1) is 5.71 Å².